The van der Waals surface area contributed by atoms with Gasteiger partial charge in [0.2, 0.25) is 0 Å². The van der Waals surface area contributed by atoms with E-state index in [-0.39, 0.29) is 17.4 Å². The third-order valence-electron chi connectivity index (χ3n) is 6.07. The Morgan fingerprint density at radius 3 is 2.47 bits per heavy atom. The molecule has 2 N–H and O–H groups in total. The lowest BCUT2D eigenvalue weighted by atomic mass is 9.95. The summed E-state index contributed by atoms with van der Waals surface area (Å²) in [5.74, 6) is -0.748. The molecule has 4 rings (SSSR count). The largest absolute Gasteiger partial charge is 0.507 e. The summed E-state index contributed by atoms with van der Waals surface area (Å²) >= 11 is 3.49. The molecule has 0 aliphatic carbocycles. The molecule has 34 heavy (non-hydrogen) atoms. The number of aliphatic hydroxyl groups is 1. The molecular weight excluding hydrogens is 498 g/mol. The van der Waals surface area contributed by atoms with Crippen molar-refractivity contribution in [2.24, 2.45) is 0 Å². The topological polar surface area (TPSA) is 82.1 Å². The summed E-state index contributed by atoms with van der Waals surface area (Å²) in [6.07, 6.45) is 0.0250. The highest BCUT2D eigenvalue weighted by Gasteiger charge is 2.46. The summed E-state index contributed by atoms with van der Waals surface area (Å²) in [5.41, 5.74) is 1.35. The lowest BCUT2D eigenvalue weighted by molar-refractivity contribution is -0.140. The number of Topliss-reactive ketones (excluding diaryl/α,β-unsaturated/α-hetero) is 1. The zero-order valence-corrected chi connectivity index (χ0v) is 21.0. The van der Waals surface area contributed by atoms with E-state index in [9.17, 15) is 14.7 Å². The van der Waals surface area contributed by atoms with Crippen molar-refractivity contribution in [1.29, 1.82) is 0 Å². The zero-order chi connectivity index (χ0) is 24.2. The third-order valence-corrected chi connectivity index (χ3v) is 6.56. The van der Waals surface area contributed by atoms with Crippen LogP contribution in [0.1, 0.15) is 31.0 Å². The van der Waals surface area contributed by atoms with Gasteiger partial charge in [0.05, 0.1) is 17.7 Å². The molecule has 2 aliphatic heterocycles. The molecule has 0 spiro atoms. The smallest absolute Gasteiger partial charge is 0.295 e. The van der Waals surface area contributed by atoms with E-state index in [1.807, 2.05) is 38.1 Å². The van der Waals surface area contributed by atoms with Crippen LogP contribution >= 0.6 is 15.9 Å². The molecule has 0 unspecified atom stereocenters. The number of aliphatic hydroxyl groups excluding tert-OH is 1. The Bertz CT molecular complexity index is 1080. The normalized spacial score (nSPS) is 20.8. The van der Waals surface area contributed by atoms with Gasteiger partial charge in [0.25, 0.3) is 11.7 Å². The van der Waals surface area contributed by atoms with Gasteiger partial charge >= 0.3 is 0 Å². The third kappa shape index (κ3) is 5.35. The first-order chi connectivity index (χ1) is 16.3. The number of carbonyl (C=O) groups excluding carboxylic acids is 2. The predicted octanol–water partition coefficient (Wildman–Crippen LogP) is 3.56. The average Bonchev–Trinajstić information content (AvgIpc) is 3.08. The summed E-state index contributed by atoms with van der Waals surface area (Å²) in [7, 11) is 0. The maximum atomic E-state index is 13.2. The number of likely N-dealkylation sites (tertiary alicyclic amines) is 1. The minimum atomic E-state index is -0.662. The maximum Gasteiger partial charge on any atom is 0.295 e. The monoisotopic (exact) mass is 527 g/mol. The van der Waals surface area contributed by atoms with E-state index >= 15 is 0 Å². The van der Waals surface area contributed by atoms with Gasteiger partial charge in [-0.05, 0) is 55.8 Å². The van der Waals surface area contributed by atoms with Crippen LogP contribution < -0.4 is 10.1 Å². The number of nitrogens with one attached hydrogen (secondary N) is 1. The van der Waals surface area contributed by atoms with Crippen LogP contribution in [-0.2, 0) is 9.59 Å². The highest BCUT2D eigenvalue weighted by molar-refractivity contribution is 9.10. The van der Waals surface area contributed by atoms with Crippen molar-refractivity contribution in [3.63, 3.8) is 0 Å². The summed E-state index contributed by atoms with van der Waals surface area (Å²) in [4.78, 5) is 30.2. The number of ether oxygens (including phenoxy) is 1. The fourth-order valence-corrected chi connectivity index (χ4v) is 4.85. The fourth-order valence-electron chi connectivity index (χ4n) is 4.44. The van der Waals surface area contributed by atoms with Crippen molar-refractivity contribution < 1.29 is 19.4 Å². The number of halogens is 1. The van der Waals surface area contributed by atoms with Gasteiger partial charge in [0.1, 0.15) is 11.5 Å². The summed E-state index contributed by atoms with van der Waals surface area (Å²) in [6, 6.07) is 13.8. The average molecular weight is 528 g/mol. The molecule has 2 heterocycles. The molecule has 8 heteroatoms. The van der Waals surface area contributed by atoms with E-state index in [4.69, 9.17) is 4.74 Å². The molecule has 0 saturated carbocycles. The molecule has 0 bridgehead atoms. The number of benzene rings is 2. The molecule has 2 aliphatic rings. The minimum Gasteiger partial charge on any atom is -0.507 e. The van der Waals surface area contributed by atoms with Crippen LogP contribution in [0.5, 0.6) is 5.75 Å². The van der Waals surface area contributed by atoms with Gasteiger partial charge in [0, 0.05) is 49.3 Å². The number of piperazine rings is 1. The van der Waals surface area contributed by atoms with Crippen molar-refractivity contribution in [3.8, 4) is 5.75 Å². The van der Waals surface area contributed by atoms with Crippen LogP contribution in [0.4, 0.5) is 0 Å². The second-order valence-electron chi connectivity index (χ2n) is 8.83. The molecule has 1 amide bonds. The van der Waals surface area contributed by atoms with E-state index in [0.29, 0.717) is 24.4 Å². The van der Waals surface area contributed by atoms with E-state index in [1.165, 1.54) is 0 Å². The van der Waals surface area contributed by atoms with E-state index in [1.54, 1.807) is 29.2 Å². The molecule has 2 aromatic carbocycles. The first kappa shape index (κ1) is 24.4. The molecule has 2 fully saturated rings. The number of hydrogen-bond donors (Lipinski definition) is 2. The van der Waals surface area contributed by atoms with Gasteiger partial charge in [-0.25, -0.2) is 0 Å². The van der Waals surface area contributed by atoms with Crippen LogP contribution in [0.25, 0.3) is 5.76 Å². The SMILES string of the molecule is CC(C)Oc1ccc(C(O)=C2C(=O)C(=O)N(CCN3CCNCC3)[C@H]2c2cccc(Br)c2)cc1. The molecule has 0 radical (unpaired) electrons. The van der Waals surface area contributed by atoms with Crippen molar-refractivity contribution in [1.82, 2.24) is 15.1 Å². The van der Waals surface area contributed by atoms with Crippen molar-refractivity contribution in [2.45, 2.75) is 26.0 Å². The quantitative estimate of drug-likeness (QED) is 0.325. The number of ketones is 1. The number of hydrogen-bond acceptors (Lipinski definition) is 6. The Morgan fingerprint density at radius 2 is 1.82 bits per heavy atom. The lowest BCUT2D eigenvalue weighted by Gasteiger charge is -2.31. The molecule has 2 aromatic rings. The molecule has 1 atom stereocenters. The Labute approximate surface area is 208 Å². The summed E-state index contributed by atoms with van der Waals surface area (Å²) < 4.78 is 6.52. The van der Waals surface area contributed by atoms with E-state index in [2.05, 4.69) is 26.1 Å². The van der Waals surface area contributed by atoms with Crippen molar-refractivity contribution in [3.05, 3.63) is 69.7 Å². The van der Waals surface area contributed by atoms with Gasteiger partial charge in [0.15, 0.2) is 0 Å². The molecule has 7 nitrogen and oxygen atoms in total. The van der Waals surface area contributed by atoms with Crippen LogP contribution in [-0.4, -0.2) is 72.0 Å². The lowest BCUT2D eigenvalue weighted by Crippen LogP contribution is -2.46. The number of amides is 1. The fraction of sp³-hybridized carbons (Fsp3) is 0.385. The molecule has 2 saturated heterocycles. The molecular formula is C26H30BrN3O4. The Balaban J connectivity index is 1.70. The number of carbonyl (C=O) groups is 2. The predicted molar refractivity (Wildman–Crippen MR) is 135 cm³/mol. The van der Waals surface area contributed by atoms with E-state index < -0.39 is 17.7 Å². The highest BCUT2D eigenvalue weighted by atomic mass is 79.9. The molecule has 180 valence electrons. The Morgan fingerprint density at radius 1 is 1.12 bits per heavy atom. The van der Waals surface area contributed by atoms with Gasteiger partial charge in [-0.3, -0.25) is 14.5 Å². The summed E-state index contributed by atoms with van der Waals surface area (Å²) in [5, 5.41) is 14.5. The Hall–Kier alpha value is -2.68. The van der Waals surface area contributed by atoms with Gasteiger partial charge in [-0.1, -0.05) is 28.1 Å². The van der Waals surface area contributed by atoms with Gasteiger partial charge in [-0.2, -0.15) is 0 Å². The first-order valence-electron chi connectivity index (χ1n) is 11.6. The van der Waals surface area contributed by atoms with Gasteiger partial charge in [-0.15, -0.1) is 0 Å². The molecule has 0 aromatic heterocycles. The van der Waals surface area contributed by atoms with E-state index in [0.717, 1.165) is 36.2 Å². The maximum absolute atomic E-state index is 13.2. The number of nitrogens with zero attached hydrogens (tertiary/aromatic N) is 2. The minimum absolute atomic E-state index is 0.0250. The second kappa shape index (κ2) is 10.7. The van der Waals surface area contributed by atoms with Crippen molar-refractivity contribution in [2.75, 3.05) is 39.3 Å². The summed E-state index contributed by atoms with van der Waals surface area (Å²) in [6.45, 7) is 8.56. The van der Waals surface area contributed by atoms with Crippen LogP contribution in [0.2, 0.25) is 0 Å². The van der Waals surface area contributed by atoms with Gasteiger partial charge < -0.3 is 20.1 Å². The van der Waals surface area contributed by atoms with Crippen LogP contribution in [0.15, 0.2) is 58.6 Å². The van der Waals surface area contributed by atoms with Crippen LogP contribution in [0.3, 0.4) is 0 Å². The highest BCUT2D eigenvalue weighted by Crippen LogP contribution is 2.40. The number of rotatable bonds is 7. The zero-order valence-electron chi connectivity index (χ0n) is 19.5. The second-order valence-corrected chi connectivity index (χ2v) is 9.75. The standard InChI is InChI=1S/C26H30BrN3O4/c1-17(2)34-21-8-6-18(7-9-21)24(31)22-23(19-4-3-5-20(27)16-19)30(26(33)25(22)32)15-14-29-12-10-28-11-13-29/h3-9,16-17,23,28,31H,10-15H2,1-2H3/t23-/m0/s1. The van der Waals surface area contributed by atoms with Crippen LogP contribution in [0, 0.1) is 0 Å². The first-order valence-corrected chi connectivity index (χ1v) is 12.4. The van der Waals surface area contributed by atoms with Crippen molar-refractivity contribution >= 4 is 33.4 Å². The Kier molecular flexibility index (Phi) is 7.70.